The van der Waals surface area contributed by atoms with Crippen LogP contribution in [0.3, 0.4) is 0 Å². The number of pyridine rings is 1. The second-order valence-corrected chi connectivity index (χ2v) is 7.44. The molecule has 0 aliphatic carbocycles. The highest BCUT2D eigenvalue weighted by molar-refractivity contribution is 6.31. The first-order valence-corrected chi connectivity index (χ1v) is 8.01. The van der Waals surface area contributed by atoms with Crippen LogP contribution in [0.4, 0.5) is 0 Å². The fraction of sp³-hybridized carbons (Fsp3) is 0.706. The SMILES string of the molecule is CCNC(Cc1ccncc1Cl)CC(C)CC(C)(C)C. The summed E-state index contributed by atoms with van der Waals surface area (Å²) in [6.45, 7) is 12.4. The molecule has 0 radical (unpaired) electrons. The second kappa shape index (κ2) is 7.99. The molecule has 2 atom stereocenters. The summed E-state index contributed by atoms with van der Waals surface area (Å²) in [4.78, 5) is 4.06. The van der Waals surface area contributed by atoms with Gasteiger partial charge in [0.2, 0.25) is 0 Å². The summed E-state index contributed by atoms with van der Waals surface area (Å²) in [5.74, 6) is 0.708. The lowest BCUT2D eigenvalue weighted by molar-refractivity contribution is 0.275. The average molecular weight is 297 g/mol. The van der Waals surface area contributed by atoms with Crippen molar-refractivity contribution in [1.29, 1.82) is 0 Å². The first kappa shape index (κ1) is 17.5. The third-order valence-corrected chi connectivity index (χ3v) is 3.80. The number of nitrogens with zero attached hydrogens (tertiary/aromatic N) is 1. The van der Waals surface area contributed by atoms with E-state index in [9.17, 15) is 0 Å². The van der Waals surface area contributed by atoms with Crippen molar-refractivity contribution >= 4 is 11.6 Å². The lowest BCUT2D eigenvalue weighted by Crippen LogP contribution is -2.33. The minimum Gasteiger partial charge on any atom is -0.314 e. The quantitative estimate of drug-likeness (QED) is 0.787. The minimum absolute atomic E-state index is 0.393. The molecule has 1 rings (SSSR count). The molecule has 0 amide bonds. The molecule has 1 aromatic heterocycles. The summed E-state index contributed by atoms with van der Waals surface area (Å²) in [6, 6.07) is 2.51. The Bertz CT molecular complexity index is 398. The third-order valence-electron chi connectivity index (χ3n) is 3.46. The predicted molar refractivity (Wildman–Crippen MR) is 88.3 cm³/mol. The van der Waals surface area contributed by atoms with E-state index in [1.165, 1.54) is 18.4 Å². The molecular weight excluding hydrogens is 268 g/mol. The molecule has 0 saturated carbocycles. The van der Waals surface area contributed by atoms with Crippen molar-refractivity contribution in [1.82, 2.24) is 10.3 Å². The molecular formula is C17H29ClN2. The number of nitrogens with one attached hydrogen (secondary N) is 1. The van der Waals surface area contributed by atoms with Crippen LogP contribution in [0.5, 0.6) is 0 Å². The summed E-state index contributed by atoms with van der Waals surface area (Å²) in [5.41, 5.74) is 1.58. The normalized spacial score (nSPS) is 15.1. The lowest BCUT2D eigenvalue weighted by atomic mass is 9.82. The fourth-order valence-corrected chi connectivity index (χ4v) is 3.17. The van der Waals surface area contributed by atoms with E-state index in [4.69, 9.17) is 11.6 Å². The highest BCUT2D eigenvalue weighted by Crippen LogP contribution is 2.27. The summed E-state index contributed by atoms with van der Waals surface area (Å²) < 4.78 is 0. The highest BCUT2D eigenvalue weighted by atomic mass is 35.5. The molecule has 0 saturated heterocycles. The van der Waals surface area contributed by atoms with Crippen molar-refractivity contribution in [2.75, 3.05) is 6.54 Å². The topological polar surface area (TPSA) is 24.9 Å². The van der Waals surface area contributed by atoms with Crippen LogP contribution in [-0.2, 0) is 6.42 Å². The van der Waals surface area contributed by atoms with Crippen LogP contribution in [0, 0.1) is 11.3 Å². The van der Waals surface area contributed by atoms with E-state index in [0.717, 1.165) is 18.0 Å². The molecule has 0 fully saturated rings. The largest absolute Gasteiger partial charge is 0.314 e. The van der Waals surface area contributed by atoms with Gasteiger partial charge in [-0.1, -0.05) is 46.2 Å². The zero-order chi connectivity index (χ0) is 15.2. The van der Waals surface area contributed by atoms with Crippen LogP contribution in [0.25, 0.3) is 0 Å². The molecule has 0 aliphatic rings. The van der Waals surface area contributed by atoms with E-state index in [-0.39, 0.29) is 0 Å². The van der Waals surface area contributed by atoms with E-state index in [1.54, 1.807) is 6.20 Å². The van der Waals surface area contributed by atoms with Crippen molar-refractivity contribution in [3.63, 3.8) is 0 Å². The molecule has 0 aliphatic heterocycles. The predicted octanol–water partition coefficient (Wildman–Crippen LogP) is 4.72. The Morgan fingerprint density at radius 1 is 1.35 bits per heavy atom. The molecule has 114 valence electrons. The molecule has 2 unspecified atom stereocenters. The Balaban J connectivity index is 2.63. The number of hydrogen-bond acceptors (Lipinski definition) is 2. The van der Waals surface area contributed by atoms with Gasteiger partial charge in [0.05, 0.1) is 5.02 Å². The first-order valence-electron chi connectivity index (χ1n) is 7.63. The molecule has 1 N–H and O–H groups in total. The van der Waals surface area contributed by atoms with Gasteiger partial charge < -0.3 is 5.32 Å². The molecule has 20 heavy (non-hydrogen) atoms. The Morgan fingerprint density at radius 2 is 2.05 bits per heavy atom. The van der Waals surface area contributed by atoms with Crippen LogP contribution < -0.4 is 5.32 Å². The molecule has 3 heteroatoms. The number of aromatic nitrogens is 1. The fourth-order valence-electron chi connectivity index (χ4n) is 2.98. The third kappa shape index (κ3) is 6.71. The summed E-state index contributed by atoms with van der Waals surface area (Å²) in [5, 5.41) is 4.37. The molecule has 0 aromatic carbocycles. The number of hydrogen-bond donors (Lipinski definition) is 1. The maximum absolute atomic E-state index is 6.22. The maximum atomic E-state index is 6.22. The Hall–Kier alpha value is -0.600. The van der Waals surface area contributed by atoms with E-state index < -0.39 is 0 Å². The number of likely N-dealkylation sites (N-methyl/N-ethyl adjacent to an activating group) is 1. The van der Waals surface area contributed by atoms with Crippen molar-refractivity contribution in [3.05, 3.63) is 29.0 Å². The molecule has 1 aromatic rings. The van der Waals surface area contributed by atoms with E-state index >= 15 is 0 Å². The standard InChI is InChI=1S/C17H29ClN2/c1-6-20-15(9-13(2)11-17(3,4)5)10-14-7-8-19-12-16(14)18/h7-8,12-13,15,20H,6,9-11H2,1-5H3. The van der Waals surface area contributed by atoms with Crippen LogP contribution in [0.1, 0.15) is 53.0 Å². The molecule has 2 nitrogen and oxygen atoms in total. The van der Waals surface area contributed by atoms with Crippen LogP contribution in [-0.4, -0.2) is 17.6 Å². The van der Waals surface area contributed by atoms with Crippen molar-refractivity contribution in [3.8, 4) is 0 Å². The zero-order valence-electron chi connectivity index (χ0n) is 13.5. The lowest BCUT2D eigenvalue weighted by Gasteiger charge is -2.27. The van der Waals surface area contributed by atoms with Crippen molar-refractivity contribution < 1.29 is 0 Å². The van der Waals surface area contributed by atoms with Crippen LogP contribution >= 0.6 is 11.6 Å². The van der Waals surface area contributed by atoms with Gasteiger partial charge in [0, 0.05) is 18.4 Å². The van der Waals surface area contributed by atoms with Gasteiger partial charge in [-0.15, -0.1) is 0 Å². The van der Waals surface area contributed by atoms with E-state index in [2.05, 4.69) is 44.9 Å². The van der Waals surface area contributed by atoms with Gasteiger partial charge in [-0.2, -0.15) is 0 Å². The first-order chi connectivity index (χ1) is 9.31. The summed E-state index contributed by atoms with van der Waals surface area (Å²) >= 11 is 6.22. The smallest absolute Gasteiger partial charge is 0.0621 e. The Kier molecular flexibility index (Phi) is 6.97. The number of halogens is 1. The second-order valence-electron chi connectivity index (χ2n) is 7.03. The summed E-state index contributed by atoms with van der Waals surface area (Å²) in [6.07, 6.45) is 6.97. The van der Waals surface area contributed by atoms with Gasteiger partial charge in [0.1, 0.15) is 0 Å². The van der Waals surface area contributed by atoms with Gasteiger partial charge in [-0.3, -0.25) is 4.98 Å². The molecule has 0 bridgehead atoms. The average Bonchev–Trinajstić information content (AvgIpc) is 2.29. The van der Waals surface area contributed by atoms with Gasteiger partial charge >= 0.3 is 0 Å². The Morgan fingerprint density at radius 3 is 2.60 bits per heavy atom. The molecule has 1 heterocycles. The monoisotopic (exact) mass is 296 g/mol. The Labute approximate surface area is 129 Å². The maximum Gasteiger partial charge on any atom is 0.0621 e. The highest BCUT2D eigenvalue weighted by Gasteiger charge is 2.19. The van der Waals surface area contributed by atoms with E-state index in [1.807, 2.05) is 12.3 Å². The summed E-state index contributed by atoms with van der Waals surface area (Å²) in [7, 11) is 0. The minimum atomic E-state index is 0.393. The zero-order valence-corrected chi connectivity index (χ0v) is 14.3. The number of rotatable bonds is 7. The van der Waals surface area contributed by atoms with Gasteiger partial charge in [0.25, 0.3) is 0 Å². The van der Waals surface area contributed by atoms with Gasteiger partial charge in [0.15, 0.2) is 0 Å². The van der Waals surface area contributed by atoms with Gasteiger partial charge in [-0.05, 0) is 48.8 Å². The molecule has 0 spiro atoms. The van der Waals surface area contributed by atoms with Crippen LogP contribution in [0.15, 0.2) is 18.5 Å². The van der Waals surface area contributed by atoms with E-state index in [0.29, 0.717) is 17.4 Å². The van der Waals surface area contributed by atoms with Crippen LogP contribution in [0.2, 0.25) is 5.02 Å². The van der Waals surface area contributed by atoms with Gasteiger partial charge in [-0.25, -0.2) is 0 Å². The van der Waals surface area contributed by atoms with Crippen molar-refractivity contribution in [2.45, 2.75) is 59.9 Å². The van der Waals surface area contributed by atoms with Crippen molar-refractivity contribution in [2.24, 2.45) is 11.3 Å².